The van der Waals surface area contributed by atoms with E-state index in [1.807, 2.05) is 0 Å². The first kappa shape index (κ1) is 27.4. The van der Waals surface area contributed by atoms with Crippen molar-refractivity contribution < 1.29 is 46.1 Å². The molecule has 6 aliphatic carbocycles. The van der Waals surface area contributed by atoms with Crippen molar-refractivity contribution in [1.82, 2.24) is 0 Å². The molecule has 0 radical (unpaired) electrons. The van der Waals surface area contributed by atoms with E-state index in [-0.39, 0.29) is 24.8 Å². The van der Waals surface area contributed by atoms with Gasteiger partial charge in [-0.05, 0) is 0 Å². The van der Waals surface area contributed by atoms with Crippen LogP contribution in [0.4, 0.5) is 0 Å². The van der Waals surface area contributed by atoms with Crippen molar-refractivity contribution in [3.63, 3.8) is 0 Å². The minimum absolute atomic E-state index is 0. The van der Waals surface area contributed by atoms with Crippen LogP contribution in [0, 0.1) is 35.5 Å². The summed E-state index contributed by atoms with van der Waals surface area (Å²) < 4.78 is 3.21. The number of halogens is 2. The Morgan fingerprint density at radius 2 is 0.921 bits per heavy atom. The maximum atomic E-state index is 2.88. The smallest absolute Gasteiger partial charge is 1.00 e. The molecule has 0 saturated heterocycles. The molecule has 2 aromatic carbocycles. The van der Waals surface area contributed by atoms with Gasteiger partial charge in [0, 0.05) is 0 Å². The third-order valence-corrected chi connectivity index (χ3v) is 18.9. The Morgan fingerprint density at radius 1 is 0.579 bits per heavy atom. The van der Waals surface area contributed by atoms with Crippen LogP contribution in [-0.2, 0) is 21.3 Å². The van der Waals surface area contributed by atoms with Crippen LogP contribution in [-0.4, -0.2) is 3.21 Å². The standard InChI is InChI=1S/2C16H17.C3H6.2ClH.Zr/c2*1-2-4-14-11(3-1)9-10-15(14)16(12-5-6-12)13-7-8-13;1-3-2;;;/h2*1-4,9-10,12-13,16H,5-8H2;1-2H3;2*1H;/q;;;;;+2/p-2. The molecule has 2 aromatic rings. The molecule has 0 nitrogen and oxygen atoms in total. The zero-order chi connectivity index (χ0) is 24.0. The molecule has 0 spiro atoms. The van der Waals surface area contributed by atoms with E-state index in [0.717, 1.165) is 35.5 Å². The summed E-state index contributed by atoms with van der Waals surface area (Å²) in [6.07, 6.45) is 17.5. The molecule has 38 heavy (non-hydrogen) atoms. The van der Waals surface area contributed by atoms with Crippen molar-refractivity contribution in [2.75, 3.05) is 0 Å². The molecule has 0 amide bonds. The Morgan fingerprint density at radius 3 is 1.24 bits per heavy atom. The van der Waals surface area contributed by atoms with Crippen molar-refractivity contribution in [3.05, 3.63) is 82.9 Å². The maximum absolute atomic E-state index is 2.88. The van der Waals surface area contributed by atoms with Gasteiger partial charge in [-0.1, -0.05) is 0 Å². The van der Waals surface area contributed by atoms with Crippen molar-refractivity contribution in [3.8, 4) is 0 Å². The molecule has 0 N–H and O–H groups in total. The van der Waals surface area contributed by atoms with Gasteiger partial charge in [-0.2, -0.15) is 0 Å². The summed E-state index contributed by atoms with van der Waals surface area (Å²) in [4.78, 5) is 0. The molecule has 4 saturated carbocycles. The van der Waals surface area contributed by atoms with Crippen molar-refractivity contribution in [2.24, 2.45) is 35.5 Å². The fraction of sp³-hybridized carbons (Fsp3) is 0.514. The van der Waals surface area contributed by atoms with E-state index in [1.54, 1.807) is 36.6 Å². The monoisotopic (exact) mass is 620 g/mol. The number of rotatable bonds is 8. The second-order valence-electron chi connectivity index (χ2n) is 13.2. The fourth-order valence-electron chi connectivity index (χ4n) is 8.30. The predicted octanol–water partition coefficient (Wildman–Crippen LogP) is 2.97. The van der Waals surface area contributed by atoms with Gasteiger partial charge in [-0.15, -0.1) is 0 Å². The van der Waals surface area contributed by atoms with E-state index in [4.69, 9.17) is 0 Å². The topological polar surface area (TPSA) is 0 Å². The Hall–Kier alpha value is -0.747. The quantitative estimate of drug-likeness (QED) is 0.425. The van der Waals surface area contributed by atoms with Gasteiger partial charge in [-0.25, -0.2) is 0 Å². The Bertz CT molecular complexity index is 1200. The van der Waals surface area contributed by atoms with E-state index >= 15 is 0 Å². The van der Waals surface area contributed by atoms with Gasteiger partial charge >= 0.3 is 227 Å². The molecular weight excluding hydrogens is 583 g/mol. The van der Waals surface area contributed by atoms with E-state index in [9.17, 15) is 0 Å². The van der Waals surface area contributed by atoms with E-state index < -0.39 is 21.3 Å². The van der Waals surface area contributed by atoms with Gasteiger partial charge in [0.05, 0.1) is 0 Å². The summed E-state index contributed by atoms with van der Waals surface area (Å²) in [5.41, 5.74) is 10.3. The van der Waals surface area contributed by atoms with Crippen LogP contribution in [0.25, 0.3) is 11.1 Å². The number of allylic oxidation sites excluding steroid dienone is 4. The van der Waals surface area contributed by atoms with Crippen LogP contribution in [0.5, 0.6) is 0 Å². The number of hydrogen-bond donors (Lipinski definition) is 0. The Balaban J connectivity index is 0.00000132. The summed E-state index contributed by atoms with van der Waals surface area (Å²) in [5.74, 6) is 5.62. The van der Waals surface area contributed by atoms with E-state index in [1.165, 1.54) is 51.4 Å². The molecule has 0 bridgehead atoms. The summed E-state index contributed by atoms with van der Waals surface area (Å²) >= 11 is -2.10. The normalized spacial score (nSPS) is 25.0. The molecule has 3 heteroatoms. The van der Waals surface area contributed by atoms with Crippen molar-refractivity contribution in [1.29, 1.82) is 0 Å². The van der Waals surface area contributed by atoms with Gasteiger partial charge in [0.1, 0.15) is 0 Å². The van der Waals surface area contributed by atoms with Gasteiger partial charge in [0.15, 0.2) is 0 Å². The summed E-state index contributed by atoms with van der Waals surface area (Å²) in [6.45, 7) is 5.02. The summed E-state index contributed by atoms with van der Waals surface area (Å²) in [6, 6.07) is 19.3. The molecule has 0 aliphatic heterocycles. The first-order chi connectivity index (χ1) is 17.7. The largest absolute Gasteiger partial charge is 1.00 e. The van der Waals surface area contributed by atoms with Crippen LogP contribution in [0.15, 0.2) is 60.7 Å². The van der Waals surface area contributed by atoms with Crippen LogP contribution in [0.2, 0.25) is 0 Å². The van der Waals surface area contributed by atoms with Crippen LogP contribution in [0.3, 0.4) is 0 Å². The van der Waals surface area contributed by atoms with Gasteiger partial charge < -0.3 is 24.8 Å². The molecule has 4 fully saturated rings. The number of hydrogen-bond acceptors (Lipinski definition) is 0. The Labute approximate surface area is 249 Å². The van der Waals surface area contributed by atoms with Crippen LogP contribution < -0.4 is 24.8 Å². The molecule has 198 valence electrons. The number of benzene rings is 2. The molecular formula is C35H40Cl2Zr. The minimum atomic E-state index is -2.10. The minimum Gasteiger partial charge on any atom is -1.00 e. The Kier molecular flexibility index (Phi) is 7.64. The molecule has 0 aromatic heterocycles. The zero-order valence-corrected chi connectivity index (χ0v) is 26.8. The van der Waals surface area contributed by atoms with Gasteiger partial charge in [0.25, 0.3) is 0 Å². The number of fused-ring (bicyclic) bond motifs is 2. The van der Waals surface area contributed by atoms with Gasteiger partial charge in [-0.3, -0.25) is 0 Å². The third-order valence-electron chi connectivity index (χ3n) is 10.4. The first-order valence-corrected chi connectivity index (χ1v) is 19.0. The molecule has 2 atom stereocenters. The molecule has 6 aliphatic rings. The van der Waals surface area contributed by atoms with Crippen molar-refractivity contribution >= 4 is 14.4 Å². The maximum Gasteiger partial charge on any atom is -1.00 e. The van der Waals surface area contributed by atoms with Crippen LogP contribution >= 0.6 is 0 Å². The zero-order valence-electron chi connectivity index (χ0n) is 22.8. The van der Waals surface area contributed by atoms with Crippen molar-refractivity contribution in [2.45, 2.75) is 72.5 Å². The second-order valence-corrected chi connectivity index (χ2v) is 21.0. The molecule has 8 rings (SSSR count). The van der Waals surface area contributed by atoms with Crippen LogP contribution in [0.1, 0.15) is 94.7 Å². The molecule has 2 unspecified atom stereocenters. The second kappa shape index (κ2) is 10.6. The average molecular weight is 623 g/mol. The summed E-state index contributed by atoms with van der Waals surface area (Å²) in [5, 5.41) is 0. The predicted molar refractivity (Wildman–Crippen MR) is 149 cm³/mol. The fourth-order valence-corrected chi connectivity index (χ4v) is 17.0. The SMILES string of the molecule is C[C](C)=[Zr+2]([CH]1C=C(C(C2CC2)C2CC2)c2ccccc21)[CH]1C=C(C(C2CC2)C2CC2)c2ccccc21.[Cl-].[Cl-]. The first-order valence-electron chi connectivity index (χ1n) is 15.0. The summed E-state index contributed by atoms with van der Waals surface area (Å²) in [7, 11) is 0. The van der Waals surface area contributed by atoms with E-state index in [2.05, 4.69) is 74.5 Å². The molecule has 0 heterocycles. The van der Waals surface area contributed by atoms with E-state index in [0.29, 0.717) is 7.25 Å². The van der Waals surface area contributed by atoms with Gasteiger partial charge in [0.2, 0.25) is 0 Å². The average Bonchev–Trinajstić information content (AvgIpc) is 3.72. The third kappa shape index (κ3) is 4.76.